The van der Waals surface area contributed by atoms with Crippen LogP contribution >= 0.6 is 0 Å². The Labute approximate surface area is 126 Å². The van der Waals surface area contributed by atoms with Gasteiger partial charge in [-0.2, -0.15) is 0 Å². The summed E-state index contributed by atoms with van der Waals surface area (Å²) in [6.45, 7) is 3.67. The Kier molecular flexibility index (Phi) is 5.75. The summed E-state index contributed by atoms with van der Waals surface area (Å²) in [7, 11) is -3.52. The largest absolute Gasteiger partial charge is 0.392 e. The molecule has 1 aromatic carbocycles. The van der Waals surface area contributed by atoms with Crippen LogP contribution in [0.2, 0.25) is 0 Å². The maximum Gasteiger partial charge on any atom is 0.240 e. The van der Waals surface area contributed by atoms with Crippen LogP contribution in [-0.4, -0.2) is 33.3 Å². The molecule has 0 saturated carbocycles. The fourth-order valence-electron chi connectivity index (χ4n) is 2.52. The highest BCUT2D eigenvalue weighted by atomic mass is 32.2. The summed E-state index contributed by atoms with van der Waals surface area (Å²) in [6.07, 6.45) is 2.55. The third kappa shape index (κ3) is 4.26. The van der Waals surface area contributed by atoms with E-state index in [2.05, 4.69) is 4.72 Å². The van der Waals surface area contributed by atoms with Crippen LogP contribution in [0.5, 0.6) is 0 Å². The number of hydrogen-bond acceptors (Lipinski definition) is 4. The zero-order chi connectivity index (χ0) is 15.3. The van der Waals surface area contributed by atoms with Crippen molar-refractivity contribution >= 4 is 10.0 Å². The Morgan fingerprint density at radius 1 is 1.29 bits per heavy atom. The molecule has 0 aliphatic carbocycles. The van der Waals surface area contributed by atoms with E-state index in [4.69, 9.17) is 4.74 Å². The van der Waals surface area contributed by atoms with E-state index in [0.29, 0.717) is 31.2 Å². The first-order chi connectivity index (χ1) is 10.1. The number of benzene rings is 1. The summed E-state index contributed by atoms with van der Waals surface area (Å²) in [5, 5.41) is 9.34. The number of ether oxygens (including phenoxy) is 1. The maximum atomic E-state index is 12.3. The number of hydrogen-bond donors (Lipinski definition) is 2. The van der Waals surface area contributed by atoms with Crippen molar-refractivity contribution < 1.29 is 18.3 Å². The van der Waals surface area contributed by atoms with E-state index < -0.39 is 10.0 Å². The minimum Gasteiger partial charge on any atom is -0.392 e. The van der Waals surface area contributed by atoms with Crippen molar-refractivity contribution in [3.8, 4) is 0 Å². The van der Waals surface area contributed by atoms with Gasteiger partial charge in [-0.25, -0.2) is 13.1 Å². The van der Waals surface area contributed by atoms with Gasteiger partial charge in [-0.15, -0.1) is 0 Å². The van der Waals surface area contributed by atoms with Gasteiger partial charge in [0.1, 0.15) is 0 Å². The van der Waals surface area contributed by atoms with Crippen molar-refractivity contribution in [1.82, 2.24) is 4.72 Å². The quantitative estimate of drug-likeness (QED) is 0.833. The monoisotopic (exact) mass is 313 g/mol. The van der Waals surface area contributed by atoms with Crippen LogP contribution in [0.4, 0.5) is 0 Å². The van der Waals surface area contributed by atoms with Crippen molar-refractivity contribution in [2.75, 3.05) is 19.8 Å². The number of aryl methyl sites for hydroxylation is 1. The van der Waals surface area contributed by atoms with Crippen LogP contribution in [0, 0.1) is 5.92 Å². The van der Waals surface area contributed by atoms with Gasteiger partial charge in [-0.1, -0.05) is 13.0 Å². The van der Waals surface area contributed by atoms with Gasteiger partial charge in [-0.05, 0) is 48.4 Å². The highest BCUT2D eigenvalue weighted by Gasteiger charge is 2.19. The number of aliphatic hydroxyl groups excluding tert-OH is 1. The van der Waals surface area contributed by atoms with Crippen LogP contribution in [0.15, 0.2) is 23.1 Å². The summed E-state index contributed by atoms with van der Waals surface area (Å²) in [5.74, 6) is 0.334. The molecule has 2 N–H and O–H groups in total. The third-order valence-corrected chi connectivity index (χ3v) is 5.36. The van der Waals surface area contributed by atoms with E-state index >= 15 is 0 Å². The third-order valence-electron chi connectivity index (χ3n) is 3.94. The number of aliphatic hydroxyl groups is 1. The van der Waals surface area contributed by atoms with Crippen LogP contribution in [0.1, 0.15) is 30.9 Å². The van der Waals surface area contributed by atoms with Crippen molar-refractivity contribution in [2.24, 2.45) is 5.92 Å². The molecule has 6 heteroatoms. The lowest BCUT2D eigenvalue weighted by Gasteiger charge is -2.22. The second kappa shape index (κ2) is 7.35. The summed E-state index contributed by atoms with van der Waals surface area (Å²) in [5.41, 5.74) is 1.65. The van der Waals surface area contributed by atoms with Crippen molar-refractivity contribution in [2.45, 2.75) is 37.7 Å². The Hall–Kier alpha value is -0.950. The summed E-state index contributed by atoms with van der Waals surface area (Å²) in [4.78, 5) is 0.218. The molecule has 118 valence electrons. The highest BCUT2D eigenvalue weighted by Crippen LogP contribution is 2.18. The van der Waals surface area contributed by atoms with Gasteiger partial charge in [0.05, 0.1) is 11.5 Å². The second-order valence-corrected chi connectivity index (χ2v) is 7.12. The van der Waals surface area contributed by atoms with Crippen molar-refractivity contribution in [3.63, 3.8) is 0 Å². The van der Waals surface area contributed by atoms with Gasteiger partial charge in [-0.3, -0.25) is 0 Å². The highest BCUT2D eigenvalue weighted by molar-refractivity contribution is 7.89. The van der Waals surface area contributed by atoms with Crippen LogP contribution < -0.4 is 4.72 Å². The second-order valence-electron chi connectivity index (χ2n) is 5.35. The molecule has 1 aliphatic heterocycles. The van der Waals surface area contributed by atoms with Gasteiger partial charge >= 0.3 is 0 Å². The Morgan fingerprint density at radius 3 is 2.62 bits per heavy atom. The zero-order valence-electron chi connectivity index (χ0n) is 12.3. The van der Waals surface area contributed by atoms with Gasteiger partial charge in [0.15, 0.2) is 0 Å². The molecule has 0 spiro atoms. The molecule has 1 fully saturated rings. The predicted octanol–water partition coefficient (Wildman–Crippen LogP) is 1.45. The SMILES string of the molecule is CCc1ccc(S(=O)(=O)NCC2CCOCC2)cc1CO. The van der Waals surface area contributed by atoms with E-state index in [1.54, 1.807) is 18.2 Å². The van der Waals surface area contributed by atoms with Gasteiger partial charge in [0, 0.05) is 19.8 Å². The van der Waals surface area contributed by atoms with E-state index in [0.717, 1.165) is 24.8 Å². The standard InChI is InChI=1S/C15H23NO4S/c1-2-13-3-4-15(9-14(13)11-17)21(18,19)16-10-12-5-7-20-8-6-12/h3-4,9,12,16-17H,2,5-8,10-11H2,1H3. The molecule has 0 amide bonds. The van der Waals surface area contributed by atoms with Crippen molar-refractivity contribution in [3.05, 3.63) is 29.3 Å². The molecule has 1 aromatic rings. The van der Waals surface area contributed by atoms with Gasteiger partial charge in [0.2, 0.25) is 10.0 Å². The lowest BCUT2D eigenvalue weighted by molar-refractivity contribution is 0.0678. The van der Waals surface area contributed by atoms with Gasteiger partial charge in [0.25, 0.3) is 0 Å². The average Bonchev–Trinajstić information content (AvgIpc) is 2.53. The van der Waals surface area contributed by atoms with E-state index in [9.17, 15) is 13.5 Å². The van der Waals surface area contributed by atoms with Crippen LogP contribution in [0.25, 0.3) is 0 Å². The Bertz CT molecular complexity index is 565. The first-order valence-corrected chi connectivity index (χ1v) is 8.85. The minimum atomic E-state index is -3.52. The predicted molar refractivity (Wildman–Crippen MR) is 80.5 cm³/mol. The number of rotatable bonds is 6. The topological polar surface area (TPSA) is 75.6 Å². The normalized spacial score (nSPS) is 17.0. The molecule has 2 rings (SSSR count). The summed E-state index contributed by atoms with van der Waals surface area (Å²) in [6, 6.07) is 4.93. The average molecular weight is 313 g/mol. The smallest absolute Gasteiger partial charge is 0.240 e. The van der Waals surface area contributed by atoms with E-state index in [1.165, 1.54) is 0 Å². The molecule has 0 unspecified atom stereocenters. The van der Waals surface area contributed by atoms with Crippen LogP contribution in [-0.2, 0) is 27.8 Å². The lowest BCUT2D eigenvalue weighted by Crippen LogP contribution is -2.32. The molecular weight excluding hydrogens is 290 g/mol. The molecule has 1 aliphatic rings. The fraction of sp³-hybridized carbons (Fsp3) is 0.600. The molecule has 0 radical (unpaired) electrons. The maximum absolute atomic E-state index is 12.3. The van der Waals surface area contributed by atoms with Crippen LogP contribution in [0.3, 0.4) is 0 Å². The first-order valence-electron chi connectivity index (χ1n) is 7.37. The molecule has 1 saturated heterocycles. The zero-order valence-corrected chi connectivity index (χ0v) is 13.2. The van der Waals surface area contributed by atoms with E-state index in [1.807, 2.05) is 6.92 Å². The first kappa shape index (κ1) is 16.4. The molecular formula is C15H23NO4S. The molecule has 0 atom stereocenters. The molecule has 0 aromatic heterocycles. The molecule has 0 bridgehead atoms. The fourth-order valence-corrected chi connectivity index (χ4v) is 3.69. The molecule has 5 nitrogen and oxygen atoms in total. The molecule has 1 heterocycles. The van der Waals surface area contributed by atoms with Crippen molar-refractivity contribution in [1.29, 1.82) is 0 Å². The summed E-state index contributed by atoms with van der Waals surface area (Å²) >= 11 is 0. The lowest BCUT2D eigenvalue weighted by atomic mass is 10.0. The number of nitrogens with one attached hydrogen (secondary N) is 1. The molecule has 21 heavy (non-hydrogen) atoms. The van der Waals surface area contributed by atoms with E-state index in [-0.39, 0.29) is 11.5 Å². The number of sulfonamides is 1. The Morgan fingerprint density at radius 2 is 2.00 bits per heavy atom. The van der Waals surface area contributed by atoms with Gasteiger partial charge < -0.3 is 9.84 Å². The minimum absolute atomic E-state index is 0.146. The Balaban J connectivity index is 2.07. The summed E-state index contributed by atoms with van der Waals surface area (Å²) < 4.78 is 32.6.